The van der Waals surface area contributed by atoms with Crippen molar-refractivity contribution in [2.24, 2.45) is 5.73 Å². The maximum Gasteiger partial charge on any atom is 0.357 e. The topological polar surface area (TPSA) is 87.2 Å². The molecule has 1 aromatic heterocycles. The predicted octanol–water partition coefficient (Wildman–Crippen LogP) is 2.33. The maximum absolute atomic E-state index is 12.3. The van der Waals surface area contributed by atoms with Gasteiger partial charge in [0.1, 0.15) is 6.61 Å². The third-order valence-electron chi connectivity index (χ3n) is 3.49. The molecule has 3 rings (SSSR count). The number of hydrogen-bond donors (Lipinski definition) is 1. The summed E-state index contributed by atoms with van der Waals surface area (Å²) in [6.07, 6.45) is 3.03. The normalized spacial score (nSPS) is 10.3. The zero-order valence-electron chi connectivity index (χ0n) is 12.8. The standard InChI is InChI=1S/C18H15N3O3/c19-17(22)14-8-6-13(7-9-14)11-24-18(23)16-10-20-12-21(16)15-4-2-1-3-5-15/h1-10,12H,11H2,(H2,19,22). The van der Waals surface area contributed by atoms with E-state index in [2.05, 4.69) is 4.98 Å². The van der Waals surface area contributed by atoms with Gasteiger partial charge in [0.2, 0.25) is 5.91 Å². The van der Waals surface area contributed by atoms with Gasteiger partial charge in [-0.1, -0.05) is 30.3 Å². The lowest BCUT2D eigenvalue weighted by molar-refractivity contribution is 0.0463. The molecule has 6 nitrogen and oxygen atoms in total. The Kier molecular flexibility index (Phi) is 4.38. The second-order valence-electron chi connectivity index (χ2n) is 5.12. The van der Waals surface area contributed by atoms with Gasteiger partial charge in [-0.05, 0) is 29.8 Å². The quantitative estimate of drug-likeness (QED) is 0.731. The van der Waals surface area contributed by atoms with E-state index in [4.69, 9.17) is 10.5 Å². The van der Waals surface area contributed by atoms with Crippen molar-refractivity contribution >= 4 is 11.9 Å². The zero-order valence-corrected chi connectivity index (χ0v) is 12.8. The maximum atomic E-state index is 12.3. The molecule has 2 aromatic carbocycles. The molecule has 0 saturated carbocycles. The van der Waals surface area contributed by atoms with E-state index in [-0.39, 0.29) is 6.61 Å². The van der Waals surface area contributed by atoms with E-state index in [1.807, 2.05) is 30.3 Å². The van der Waals surface area contributed by atoms with Gasteiger partial charge in [0.15, 0.2) is 5.69 Å². The van der Waals surface area contributed by atoms with Crippen LogP contribution in [0, 0.1) is 0 Å². The number of aromatic nitrogens is 2. The summed E-state index contributed by atoms with van der Waals surface area (Å²) in [5.41, 5.74) is 7.53. The highest BCUT2D eigenvalue weighted by atomic mass is 16.5. The van der Waals surface area contributed by atoms with Crippen LogP contribution in [0.4, 0.5) is 0 Å². The van der Waals surface area contributed by atoms with E-state index in [0.29, 0.717) is 11.3 Å². The summed E-state index contributed by atoms with van der Waals surface area (Å²) in [5.74, 6) is -0.972. The Morgan fingerprint density at radius 2 is 1.75 bits per heavy atom. The van der Waals surface area contributed by atoms with Crippen molar-refractivity contribution in [2.75, 3.05) is 0 Å². The van der Waals surface area contributed by atoms with Crippen molar-refractivity contribution in [3.8, 4) is 5.69 Å². The Morgan fingerprint density at radius 1 is 1.04 bits per heavy atom. The number of para-hydroxylation sites is 1. The number of nitrogens with two attached hydrogens (primary N) is 1. The SMILES string of the molecule is NC(=O)c1ccc(COC(=O)c2cncn2-c2ccccc2)cc1. The fourth-order valence-electron chi connectivity index (χ4n) is 2.23. The first-order chi connectivity index (χ1) is 11.6. The molecule has 1 amide bonds. The molecule has 0 radical (unpaired) electrons. The molecule has 0 aliphatic rings. The number of carbonyl (C=O) groups is 2. The van der Waals surface area contributed by atoms with Crippen LogP contribution in [0.25, 0.3) is 5.69 Å². The lowest BCUT2D eigenvalue weighted by Crippen LogP contribution is -2.12. The first kappa shape index (κ1) is 15.5. The average molecular weight is 321 g/mol. The molecule has 0 saturated heterocycles. The van der Waals surface area contributed by atoms with Gasteiger partial charge in [-0.2, -0.15) is 0 Å². The van der Waals surface area contributed by atoms with Gasteiger partial charge in [-0.3, -0.25) is 9.36 Å². The van der Waals surface area contributed by atoms with Crippen LogP contribution in [0.2, 0.25) is 0 Å². The molecule has 0 spiro atoms. The molecule has 1 heterocycles. The minimum Gasteiger partial charge on any atom is -0.456 e. The minimum atomic E-state index is -0.495. The van der Waals surface area contributed by atoms with E-state index >= 15 is 0 Å². The van der Waals surface area contributed by atoms with E-state index in [1.165, 1.54) is 6.20 Å². The zero-order chi connectivity index (χ0) is 16.9. The first-order valence-electron chi connectivity index (χ1n) is 7.29. The van der Waals surface area contributed by atoms with E-state index < -0.39 is 11.9 Å². The third-order valence-corrected chi connectivity index (χ3v) is 3.49. The number of amides is 1. The summed E-state index contributed by atoms with van der Waals surface area (Å²) < 4.78 is 6.98. The number of ether oxygens (including phenoxy) is 1. The number of primary amides is 1. The van der Waals surface area contributed by atoms with Crippen molar-refractivity contribution in [2.45, 2.75) is 6.61 Å². The smallest absolute Gasteiger partial charge is 0.357 e. The highest BCUT2D eigenvalue weighted by molar-refractivity contribution is 5.92. The Labute approximate surface area is 138 Å². The summed E-state index contributed by atoms with van der Waals surface area (Å²) >= 11 is 0. The van der Waals surface area contributed by atoms with Crippen LogP contribution in [0.3, 0.4) is 0 Å². The number of imidazole rings is 1. The van der Waals surface area contributed by atoms with Crippen molar-refractivity contribution in [1.82, 2.24) is 9.55 Å². The summed E-state index contributed by atoms with van der Waals surface area (Å²) in [6, 6.07) is 16.0. The largest absolute Gasteiger partial charge is 0.456 e. The predicted molar refractivity (Wildman–Crippen MR) is 87.6 cm³/mol. The highest BCUT2D eigenvalue weighted by Gasteiger charge is 2.14. The van der Waals surface area contributed by atoms with Crippen molar-refractivity contribution in [3.63, 3.8) is 0 Å². The van der Waals surface area contributed by atoms with E-state index in [1.54, 1.807) is 35.2 Å². The van der Waals surface area contributed by atoms with Crippen LogP contribution in [-0.2, 0) is 11.3 Å². The number of carbonyl (C=O) groups excluding carboxylic acids is 2. The summed E-state index contributed by atoms with van der Waals surface area (Å²) in [5, 5.41) is 0. The summed E-state index contributed by atoms with van der Waals surface area (Å²) in [7, 11) is 0. The summed E-state index contributed by atoms with van der Waals surface area (Å²) in [4.78, 5) is 27.3. The molecule has 120 valence electrons. The number of hydrogen-bond acceptors (Lipinski definition) is 4. The van der Waals surface area contributed by atoms with Crippen LogP contribution in [0.15, 0.2) is 67.1 Å². The molecule has 0 bridgehead atoms. The van der Waals surface area contributed by atoms with Gasteiger partial charge in [-0.15, -0.1) is 0 Å². The van der Waals surface area contributed by atoms with E-state index in [9.17, 15) is 9.59 Å². The molecule has 2 N–H and O–H groups in total. The van der Waals surface area contributed by atoms with Crippen LogP contribution < -0.4 is 5.73 Å². The van der Waals surface area contributed by atoms with Crippen LogP contribution in [-0.4, -0.2) is 21.4 Å². The molecule has 6 heteroatoms. The monoisotopic (exact) mass is 321 g/mol. The molecule has 24 heavy (non-hydrogen) atoms. The molecule has 0 atom stereocenters. The first-order valence-corrected chi connectivity index (χ1v) is 7.29. The van der Waals surface area contributed by atoms with Crippen LogP contribution in [0.1, 0.15) is 26.4 Å². The fraction of sp³-hybridized carbons (Fsp3) is 0.0556. The van der Waals surface area contributed by atoms with Crippen LogP contribution >= 0.6 is 0 Å². The Hall–Kier alpha value is -3.41. The Bertz CT molecular complexity index is 855. The number of rotatable bonds is 5. The Morgan fingerprint density at radius 3 is 2.42 bits per heavy atom. The number of benzene rings is 2. The molecular formula is C18H15N3O3. The van der Waals surface area contributed by atoms with Gasteiger partial charge < -0.3 is 10.5 Å². The van der Waals surface area contributed by atoms with Gasteiger partial charge in [0, 0.05) is 11.3 Å². The fourth-order valence-corrected chi connectivity index (χ4v) is 2.23. The van der Waals surface area contributed by atoms with Gasteiger partial charge in [0.25, 0.3) is 0 Å². The summed E-state index contributed by atoms with van der Waals surface area (Å²) in [6.45, 7) is 0.0951. The van der Waals surface area contributed by atoms with E-state index in [0.717, 1.165) is 11.3 Å². The molecular weight excluding hydrogens is 306 g/mol. The molecule has 0 aliphatic heterocycles. The minimum absolute atomic E-state index is 0.0951. The number of nitrogens with zero attached hydrogens (tertiary/aromatic N) is 2. The van der Waals surface area contributed by atoms with Crippen molar-refractivity contribution < 1.29 is 14.3 Å². The second kappa shape index (κ2) is 6.78. The third kappa shape index (κ3) is 3.33. The van der Waals surface area contributed by atoms with Crippen LogP contribution in [0.5, 0.6) is 0 Å². The highest BCUT2D eigenvalue weighted by Crippen LogP contribution is 2.13. The molecule has 0 unspecified atom stereocenters. The second-order valence-corrected chi connectivity index (χ2v) is 5.12. The van der Waals surface area contributed by atoms with Crippen molar-refractivity contribution in [1.29, 1.82) is 0 Å². The lowest BCUT2D eigenvalue weighted by Gasteiger charge is -2.08. The average Bonchev–Trinajstić information content (AvgIpc) is 3.10. The molecule has 0 aliphatic carbocycles. The van der Waals surface area contributed by atoms with Gasteiger partial charge in [-0.25, -0.2) is 9.78 Å². The lowest BCUT2D eigenvalue weighted by atomic mass is 10.1. The molecule has 0 fully saturated rings. The van der Waals surface area contributed by atoms with Gasteiger partial charge in [0.05, 0.1) is 12.5 Å². The molecule has 3 aromatic rings. The van der Waals surface area contributed by atoms with Gasteiger partial charge >= 0.3 is 5.97 Å². The Balaban J connectivity index is 1.70. The van der Waals surface area contributed by atoms with Crippen molar-refractivity contribution in [3.05, 3.63) is 83.9 Å². The number of esters is 1.